The van der Waals surface area contributed by atoms with E-state index in [0.717, 1.165) is 0 Å². The number of halogens is 1. The van der Waals surface area contributed by atoms with Gasteiger partial charge in [-0.1, -0.05) is 62.9 Å². The molecule has 0 saturated heterocycles. The summed E-state index contributed by atoms with van der Waals surface area (Å²) >= 11 is 3.86. The minimum absolute atomic E-state index is 0.370. The maximum atomic E-state index is 3.86. The van der Waals surface area contributed by atoms with Gasteiger partial charge in [0.2, 0.25) is 0 Å². The van der Waals surface area contributed by atoms with Crippen molar-refractivity contribution >= 4 is 15.9 Å². The molecule has 0 aliphatic rings. The highest BCUT2D eigenvalue weighted by atomic mass is 79.9. The highest BCUT2D eigenvalue weighted by Gasteiger charge is 2.24. The lowest BCUT2D eigenvalue weighted by Crippen LogP contribution is -2.20. The molecule has 0 bridgehead atoms. The zero-order valence-electron chi connectivity index (χ0n) is 10.6. The van der Waals surface area contributed by atoms with Gasteiger partial charge in [-0.2, -0.15) is 0 Å². The van der Waals surface area contributed by atoms with Gasteiger partial charge >= 0.3 is 0 Å². The van der Waals surface area contributed by atoms with Gasteiger partial charge in [-0.15, -0.1) is 0 Å². The Kier molecular flexibility index (Phi) is 6.36. The fraction of sp³-hybridized carbons (Fsp3) is 1.00. The zero-order valence-corrected chi connectivity index (χ0v) is 12.2. The van der Waals surface area contributed by atoms with Crippen LogP contribution in [0.2, 0.25) is 0 Å². The lowest BCUT2D eigenvalue weighted by molar-refractivity contribution is 0.294. The molecule has 0 aromatic heterocycles. The first-order chi connectivity index (χ1) is 6.33. The van der Waals surface area contributed by atoms with E-state index >= 15 is 0 Å². The molecule has 86 valence electrons. The number of hydrogen-bond acceptors (Lipinski definition) is 0. The Morgan fingerprint density at radius 1 is 0.929 bits per heavy atom. The van der Waals surface area contributed by atoms with Crippen molar-refractivity contribution in [2.45, 2.75) is 77.5 Å². The van der Waals surface area contributed by atoms with Crippen LogP contribution in [0.4, 0.5) is 0 Å². The van der Waals surface area contributed by atoms with Crippen LogP contribution in [0.5, 0.6) is 0 Å². The normalized spacial score (nSPS) is 16.7. The first-order valence-corrected chi connectivity index (χ1v) is 6.81. The third-order valence-electron chi connectivity index (χ3n) is 3.33. The maximum absolute atomic E-state index is 3.86. The molecule has 0 aromatic rings. The Bertz CT molecular complexity index is 147. The predicted octanol–water partition coefficient (Wildman–Crippen LogP) is 5.55. The molecule has 0 radical (unpaired) electrons. The van der Waals surface area contributed by atoms with E-state index in [-0.39, 0.29) is 0 Å². The first kappa shape index (κ1) is 14.5. The molecule has 0 fully saturated rings. The van der Waals surface area contributed by atoms with Crippen LogP contribution < -0.4 is 0 Å². The summed E-state index contributed by atoms with van der Waals surface area (Å²) in [6.07, 6.45) is 7.86. The van der Waals surface area contributed by atoms with Crippen molar-refractivity contribution in [3.63, 3.8) is 0 Å². The summed E-state index contributed by atoms with van der Waals surface area (Å²) < 4.78 is 0.370. The lowest BCUT2D eigenvalue weighted by Gasteiger charge is -2.29. The lowest BCUT2D eigenvalue weighted by atomic mass is 9.82. The van der Waals surface area contributed by atoms with Crippen LogP contribution in [0.15, 0.2) is 0 Å². The monoisotopic (exact) mass is 262 g/mol. The molecule has 1 atom stereocenters. The third-order valence-corrected chi connectivity index (χ3v) is 4.12. The molecule has 0 saturated carbocycles. The van der Waals surface area contributed by atoms with Gasteiger partial charge in [-0.25, -0.2) is 0 Å². The summed E-state index contributed by atoms with van der Waals surface area (Å²) in [7, 11) is 0. The van der Waals surface area contributed by atoms with Gasteiger partial charge in [-0.3, -0.25) is 0 Å². The van der Waals surface area contributed by atoms with Crippen molar-refractivity contribution in [2.24, 2.45) is 5.41 Å². The quantitative estimate of drug-likeness (QED) is 0.528. The summed E-state index contributed by atoms with van der Waals surface area (Å²) in [5.41, 5.74) is 0.515. The predicted molar refractivity (Wildman–Crippen MR) is 70.2 cm³/mol. The van der Waals surface area contributed by atoms with Crippen LogP contribution in [0.3, 0.4) is 0 Å². The standard InChI is InChI=1S/C13H27Br/c1-6-8-9-13(5,14)11-10-12(3,4)7-2/h6-11H2,1-5H3. The average molecular weight is 263 g/mol. The number of hydrogen-bond donors (Lipinski definition) is 0. The fourth-order valence-electron chi connectivity index (χ4n) is 1.45. The van der Waals surface area contributed by atoms with Gasteiger partial charge in [-0.05, 0) is 31.6 Å². The van der Waals surface area contributed by atoms with E-state index in [1.165, 1.54) is 38.5 Å². The first-order valence-electron chi connectivity index (χ1n) is 6.02. The second-order valence-electron chi connectivity index (χ2n) is 5.53. The molecule has 0 nitrogen and oxygen atoms in total. The topological polar surface area (TPSA) is 0 Å². The van der Waals surface area contributed by atoms with Gasteiger partial charge < -0.3 is 0 Å². The molecule has 0 N–H and O–H groups in total. The Labute approximate surface area is 99.0 Å². The van der Waals surface area contributed by atoms with Gasteiger partial charge in [0.15, 0.2) is 0 Å². The average Bonchev–Trinajstić information content (AvgIpc) is 2.12. The highest BCUT2D eigenvalue weighted by Crippen LogP contribution is 2.35. The van der Waals surface area contributed by atoms with Crippen LogP contribution in [0.1, 0.15) is 73.1 Å². The van der Waals surface area contributed by atoms with E-state index in [0.29, 0.717) is 9.74 Å². The molecule has 1 heteroatoms. The molecule has 0 aliphatic heterocycles. The second kappa shape index (κ2) is 6.15. The molecular formula is C13H27Br. The molecule has 0 heterocycles. The minimum atomic E-state index is 0.370. The molecule has 0 aromatic carbocycles. The van der Waals surface area contributed by atoms with Crippen LogP contribution in [-0.2, 0) is 0 Å². The summed E-state index contributed by atoms with van der Waals surface area (Å²) in [5, 5.41) is 0. The number of alkyl halides is 1. The summed E-state index contributed by atoms with van der Waals surface area (Å²) in [4.78, 5) is 0. The van der Waals surface area contributed by atoms with E-state index in [2.05, 4.69) is 50.5 Å². The number of rotatable bonds is 7. The smallest absolute Gasteiger partial charge is 0.0230 e. The third kappa shape index (κ3) is 6.86. The van der Waals surface area contributed by atoms with Crippen LogP contribution in [0, 0.1) is 5.41 Å². The van der Waals surface area contributed by atoms with E-state index < -0.39 is 0 Å². The van der Waals surface area contributed by atoms with Crippen LogP contribution in [0.25, 0.3) is 0 Å². The van der Waals surface area contributed by atoms with E-state index in [1.54, 1.807) is 0 Å². The molecule has 14 heavy (non-hydrogen) atoms. The summed E-state index contributed by atoms with van der Waals surface area (Å²) in [5.74, 6) is 0. The molecule has 0 spiro atoms. The van der Waals surface area contributed by atoms with E-state index in [4.69, 9.17) is 0 Å². The van der Waals surface area contributed by atoms with Crippen molar-refractivity contribution < 1.29 is 0 Å². The van der Waals surface area contributed by atoms with Crippen molar-refractivity contribution in [1.29, 1.82) is 0 Å². The highest BCUT2D eigenvalue weighted by molar-refractivity contribution is 9.10. The Hall–Kier alpha value is 0.480. The fourth-order valence-corrected chi connectivity index (χ4v) is 1.92. The van der Waals surface area contributed by atoms with E-state index in [9.17, 15) is 0 Å². The SMILES string of the molecule is CCCCC(C)(Br)CCC(C)(C)CC. The van der Waals surface area contributed by atoms with E-state index in [1.807, 2.05) is 0 Å². The Morgan fingerprint density at radius 3 is 1.93 bits per heavy atom. The number of unbranched alkanes of at least 4 members (excludes halogenated alkanes) is 1. The van der Waals surface area contributed by atoms with Gasteiger partial charge in [0.1, 0.15) is 0 Å². The minimum Gasteiger partial charge on any atom is -0.0856 e. The summed E-state index contributed by atoms with van der Waals surface area (Å²) in [6.45, 7) is 11.6. The van der Waals surface area contributed by atoms with Crippen molar-refractivity contribution in [3.05, 3.63) is 0 Å². The van der Waals surface area contributed by atoms with Crippen LogP contribution >= 0.6 is 15.9 Å². The van der Waals surface area contributed by atoms with Crippen molar-refractivity contribution in [1.82, 2.24) is 0 Å². The second-order valence-corrected chi connectivity index (χ2v) is 7.45. The van der Waals surface area contributed by atoms with Crippen molar-refractivity contribution in [3.8, 4) is 0 Å². The van der Waals surface area contributed by atoms with Gasteiger partial charge in [0, 0.05) is 4.32 Å². The Morgan fingerprint density at radius 2 is 1.50 bits per heavy atom. The largest absolute Gasteiger partial charge is 0.0856 e. The molecule has 0 rings (SSSR count). The maximum Gasteiger partial charge on any atom is 0.0230 e. The van der Waals surface area contributed by atoms with Gasteiger partial charge in [0.05, 0.1) is 0 Å². The van der Waals surface area contributed by atoms with Crippen LogP contribution in [-0.4, -0.2) is 4.32 Å². The zero-order chi connectivity index (χ0) is 11.2. The Balaban J connectivity index is 3.85. The summed E-state index contributed by atoms with van der Waals surface area (Å²) in [6, 6.07) is 0. The molecule has 0 amide bonds. The molecule has 0 aliphatic carbocycles. The van der Waals surface area contributed by atoms with Crippen molar-refractivity contribution in [2.75, 3.05) is 0 Å². The molecule has 1 unspecified atom stereocenters. The van der Waals surface area contributed by atoms with Gasteiger partial charge in [0.25, 0.3) is 0 Å². The molecular weight excluding hydrogens is 236 g/mol.